The molecule has 1 heterocycles. The Labute approximate surface area is 144 Å². The summed E-state index contributed by atoms with van der Waals surface area (Å²) in [6.45, 7) is 1.73. The third kappa shape index (κ3) is 4.14. The van der Waals surface area contributed by atoms with Crippen LogP contribution in [0.25, 0.3) is 0 Å². The molecular weight excluding hydrogens is 329 g/mol. The molecule has 0 aliphatic heterocycles. The number of carbonyl (C=O) groups excluding carboxylic acids is 1. The van der Waals surface area contributed by atoms with Gasteiger partial charge in [-0.15, -0.1) is 10.2 Å². The van der Waals surface area contributed by atoms with Crippen LogP contribution in [-0.2, 0) is 4.79 Å². The van der Waals surface area contributed by atoms with Gasteiger partial charge in [-0.05, 0) is 31.9 Å². The molecule has 24 heavy (non-hydrogen) atoms. The molecule has 1 aromatic carbocycles. The molecule has 0 radical (unpaired) electrons. The van der Waals surface area contributed by atoms with Crippen molar-refractivity contribution in [2.75, 3.05) is 5.32 Å². The summed E-state index contributed by atoms with van der Waals surface area (Å²) in [5, 5.41) is 10.6. The van der Waals surface area contributed by atoms with Crippen molar-refractivity contribution in [3.8, 4) is 0 Å². The number of para-hydroxylation sites is 1. The van der Waals surface area contributed by atoms with Crippen molar-refractivity contribution in [1.29, 1.82) is 0 Å². The van der Waals surface area contributed by atoms with Crippen LogP contribution in [-0.4, -0.2) is 21.4 Å². The molecule has 7 heteroatoms. The molecule has 0 spiro atoms. The van der Waals surface area contributed by atoms with E-state index >= 15 is 0 Å². The lowest BCUT2D eigenvalue weighted by atomic mass is 9.89. The van der Waals surface area contributed by atoms with Crippen molar-refractivity contribution in [2.45, 2.75) is 55.4 Å². The van der Waals surface area contributed by atoms with Crippen molar-refractivity contribution in [2.24, 2.45) is 0 Å². The molecule has 1 aliphatic rings. The van der Waals surface area contributed by atoms with Crippen molar-refractivity contribution in [3.05, 3.63) is 36.0 Å². The number of aromatic nitrogens is 2. The Balaban J connectivity index is 1.58. The van der Waals surface area contributed by atoms with E-state index in [0.717, 1.165) is 12.8 Å². The maximum Gasteiger partial charge on any atom is 0.277 e. The average molecular weight is 349 g/mol. The van der Waals surface area contributed by atoms with E-state index in [-0.39, 0.29) is 11.6 Å². The first-order valence-electron chi connectivity index (χ1n) is 8.19. The fraction of sp³-hybridized carbons (Fsp3) is 0.471. The van der Waals surface area contributed by atoms with Gasteiger partial charge in [0.25, 0.3) is 5.22 Å². The Morgan fingerprint density at radius 3 is 2.79 bits per heavy atom. The third-order valence-corrected chi connectivity index (χ3v) is 5.09. The van der Waals surface area contributed by atoms with E-state index in [1.165, 1.54) is 43.2 Å². The van der Waals surface area contributed by atoms with Gasteiger partial charge < -0.3 is 9.73 Å². The molecule has 1 amide bonds. The predicted molar refractivity (Wildman–Crippen MR) is 90.5 cm³/mol. The Bertz CT molecular complexity index is 701. The highest BCUT2D eigenvalue weighted by atomic mass is 32.2. The van der Waals surface area contributed by atoms with Gasteiger partial charge in [-0.1, -0.05) is 43.2 Å². The number of nitrogens with zero attached hydrogens (tertiary/aromatic N) is 2. The summed E-state index contributed by atoms with van der Waals surface area (Å²) in [7, 11) is 0. The van der Waals surface area contributed by atoms with Gasteiger partial charge in [0, 0.05) is 5.92 Å². The smallest absolute Gasteiger partial charge is 0.277 e. The number of rotatable bonds is 5. The van der Waals surface area contributed by atoms with Gasteiger partial charge in [-0.3, -0.25) is 4.79 Å². The number of hydrogen-bond donors (Lipinski definition) is 1. The summed E-state index contributed by atoms with van der Waals surface area (Å²) < 4.78 is 19.3. The molecule has 0 bridgehead atoms. The molecule has 1 aromatic heterocycles. The van der Waals surface area contributed by atoms with Crippen molar-refractivity contribution < 1.29 is 13.6 Å². The molecule has 0 unspecified atom stereocenters. The highest BCUT2D eigenvalue weighted by Gasteiger charge is 2.23. The normalized spacial score (nSPS) is 16.8. The van der Waals surface area contributed by atoms with Crippen LogP contribution in [0.2, 0.25) is 0 Å². The van der Waals surface area contributed by atoms with Gasteiger partial charge in [0.1, 0.15) is 5.82 Å². The lowest BCUT2D eigenvalue weighted by molar-refractivity contribution is -0.115. The highest BCUT2D eigenvalue weighted by Crippen LogP contribution is 2.33. The first-order chi connectivity index (χ1) is 11.6. The summed E-state index contributed by atoms with van der Waals surface area (Å²) in [6, 6.07) is 6.08. The average Bonchev–Trinajstić information content (AvgIpc) is 3.06. The van der Waals surface area contributed by atoms with Crippen LogP contribution >= 0.6 is 11.8 Å². The van der Waals surface area contributed by atoms with Crippen molar-refractivity contribution in [1.82, 2.24) is 10.2 Å². The quantitative estimate of drug-likeness (QED) is 0.812. The van der Waals surface area contributed by atoms with E-state index < -0.39 is 11.1 Å². The zero-order valence-electron chi connectivity index (χ0n) is 13.5. The van der Waals surface area contributed by atoms with Gasteiger partial charge >= 0.3 is 0 Å². The minimum atomic E-state index is -0.468. The highest BCUT2D eigenvalue weighted by molar-refractivity contribution is 8.00. The molecule has 1 atom stereocenters. The number of anilines is 1. The van der Waals surface area contributed by atoms with Crippen LogP contribution in [0.1, 0.15) is 50.8 Å². The van der Waals surface area contributed by atoms with Gasteiger partial charge in [-0.25, -0.2) is 4.39 Å². The lowest BCUT2D eigenvalue weighted by Gasteiger charge is -2.17. The van der Waals surface area contributed by atoms with Crippen LogP contribution < -0.4 is 5.32 Å². The Hall–Kier alpha value is -1.89. The second-order valence-electron chi connectivity index (χ2n) is 5.97. The molecule has 1 fully saturated rings. The molecule has 0 saturated heterocycles. The summed E-state index contributed by atoms with van der Waals surface area (Å²) in [4.78, 5) is 12.2. The minimum absolute atomic E-state index is 0.170. The number of thioether (sulfide) groups is 1. The Kier molecular flexibility index (Phi) is 5.50. The Morgan fingerprint density at radius 2 is 2.04 bits per heavy atom. The van der Waals surface area contributed by atoms with E-state index in [2.05, 4.69) is 15.5 Å². The molecule has 128 valence electrons. The number of hydrogen-bond acceptors (Lipinski definition) is 5. The SMILES string of the molecule is C[C@@H](Sc1nnc(C2CCCCC2)o1)C(=O)Nc1ccccc1F. The first kappa shape index (κ1) is 17.0. The van der Waals surface area contributed by atoms with E-state index in [4.69, 9.17) is 4.42 Å². The second-order valence-corrected chi connectivity index (χ2v) is 7.26. The van der Waals surface area contributed by atoms with Crippen LogP contribution in [0.4, 0.5) is 10.1 Å². The molecular formula is C17H20FN3O2S. The van der Waals surface area contributed by atoms with E-state index in [1.54, 1.807) is 19.1 Å². The Morgan fingerprint density at radius 1 is 1.29 bits per heavy atom. The molecule has 3 rings (SSSR count). The summed E-state index contributed by atoms with van der Waals surface area (Å²) in [6.07, 6.45) is 5.80. The number of benzene rings is 1. The van der Waals surface area contributed by atoms with Gasteiger partial charge in [0.05, 0.1) is 10.9 Å². The summed E-state index contributed by atoms with van der Waals surface area (Å²) in [5.41, 5.74) is 0.170. The first-order valence-corrected chi connectivity index (χ1v) is 9.07. The molecule has 1 N–H and O–H groups in total. The summed E-state index contributed by atoms with van der Waals surface area (Å²) in [5.74, 6) is 0.241. The van der Waals surface area contributed by atoms with Crippen LogP contribution in [0.15, 0.2) is 33.9 Å². The summed E-state index contributed by atoms with van der Waals surface area (Å²) >= 11 is 1.19. The van der Waals surface area contributed by atoms with Gasteiger partial charge in [-0.2, -0.15) is 0 Å². The maximum atomic E-state index is 13.6. The molecule has 1 saturated carbocycles. The van der Waals surface area contributed by atoms with Crippen molar-refractivity contribution >= 4 is 23.4 Å². The van der Waals surface area contributed by atoms with Crippen molar-refractivity contribution in [3.63, 3.8) is 0 Å². The van der Waals surface area contributed by atoms with E-state index in [0.29, 0.717) is 17.0 Å². The number of nitrogens with one attached hydrogen (secondary N) is 1. The van der Waals surface area contributed by atoms with Crippen LogP contribution in [0, 0.1) is 5.82 Å². The minimum Gasteiger partial charge on any atom is -0.416 e. The van der Waals surface area contributed by atoms with Gasteiger partial charge in [0.2, 0.25) is 11.8 Å². The number of halogens is 1. The topological polar surface area (TPSA) is 68.0 Å². The van der Waals surface area contributed by atoms with E-state index in [1.807, 2.05) is 0 Å². The van der Waals surface area contributed by atoms with Crippen LogP contribution in [0.3, 0.4) is 0 Å². The standard InChI is InChI=1S/C17H20FN3O2S/c1-11(15(22)19-14-10-6-5-9-13(14)18)24-17-21-20-16(23-17)12-7-3-2-4-8-12/h5-6,9-12H,2-4,7-8H2,1H3,(H,19,22)/t11-/m1/s1. The third-order valence-electron chi connectivity index (χ3n) is 4.16. The fourth-order valence-corrected chi connectivity index (χ4v) is 3.47. The van der Waals surface area contributed by atoms with Crippen LogP contribution in [0.5, 0.6) is 0 Å². The lowest BCUT2D eigenvalue weighted by Crippen LogP contribution is -2.22. The second kappa shape index (κ2) is 7.79. The monoisotopic (exact) mass is 349 g/mol. The number of amides is 1. The number of carbonyl (C=O) groups is 1. The molecule has 1 aliphatic carbocycles. The maximum absolute atomic E-state index is 13.6. The zero-order chi connectivity index (χ0) is 16.9. The predicted octanol–water partition coefficient (Wildman–Crippen LogP) is 4.38. The van der Waals surface area contributed by atoms with E-state index in [9.17, 15) is 9.18 Å². The van der Waals surface area contributed by atoms with Gasteiger partial charge in [0.15, 0.2) is 0 Å². The molecule has 2 aromatic rings. The zero-order valence-corrected chi connectivity index (χ0v) is 14.3. The molecule has 5 nitrogen and oxygen atoms in total. The largest absolute Gasteiger partial charge is 0.416 e. The fourth-order valence-electron chi connectivity index (χ4n) is 2.78.